The second-order valence-electron chi connectivity index (χ2n) is 6.92. The molecule has 6 nitrogen and oxygen atoms in total. The summed E-state index contributed by atoms with van der Waals surface area (Å²) in [6.07, 6.45) is 1.30. The summed E-state index contributed by atoms with van der Waals surface area (Å²) in [5, 5.41) is 0. The monoisotopic (exact) mass is 365 g/mol. The van der Waals surface area contributed by atoms with Gasteiger partial charge in [-0.15, -0.1) is 0 Å². The van der Waals surface area contributed by atoms with Crippen molar-refractivity contribution in [1.82, 2.24) is 4.90 Å². The lowest BCUT2D eigenvalue weighted by Crippen LogP contribution is -2.42. The Balaban J connectivity index is 1.96. The number of hydrogen-bond acceptors (Lipinski definition) is 3. The SMILES string of the molecule is Cc1cc(C)cc(C(=O)N(CN2CCCC2=O)c2ccc(C(N)=O)cc2)c1. The number of carbonyl (C=O) groups excluding carboxylic acids is 3. The van der Waals surface area contributed by atoms with Gasteiger partial charge in [-0.2, -0.15) is 0 Å². The van der Waals surface area contributed by atoms with E-state index in [4.69, 9.17) is 5.73 Å². The molecule has 2 N–H and O–H groups in total. The van der Waals surface area contributed by atoms with Crippen molar-refractivity contribution < 1.29 is 14.4 Å². The summed E-state index contributed by atoms with van der Waals surface area (Å²) in [5.41, 5.74) is 8.85. The highest BCUT2D eigenvalue weighted by atomic mass is 16.2. The van der Waals surface area contributed by atoms with E-state index in [0.29, 0.717) is 29.8 Å². The lowest BCUT2D eigenvalue weighted by atomic mass is 10.1. The average molecular weight is 365 g/mol. The van der Waals surface area contributed by atoms with Crippen molar-refractivity contribution in [2.24, 2.45) is 5.73 Å². The standard InChI is InChI=1S/C21H23N3O3/c1-14-10-15(2)12-17(11-14)21(27)24(13-23-9-3-4-19(23)25)18-7-5-16(6-8-18)20(22)26/h5-8,10-12H,3-4,9,13H2,1-2H3,(H2,22,26). The number of aryl methyl sites for hydroxylation is 2. The third-order valence-corrected chi connectivity index (χ3v) is 4.66. The fourth-order valence-electron chi connectivity index (χ4n) is 3.35. The molecule has 0 bridgehead atoms. The molecule has 0 radical (unpaired) electrons. The Labute approximate surface area is 158 Å². The fourth-order valence-corrected chi connectivity index (χ4v) is 3.35. The van der Waals surface area contributed by atoms with Gasteiger partial charge in [0, 0.05) is 29.8 Å². The molecule has 140 valence electrons. The van der Waals surface area contributed by atoms with Gasteiger partial charge in [0.2, 0.25) is 11.8 Å². The van der Waals surface area contributed by atoms with Crippen molar-refractivity contribution in [2.45, 2.75) is 26.7 Å². The van der Waals surface area contributed by atoms with Gasteiger partial charge in [-0.05, 0) is 56.7 Å². The molecule has 0 aliphatic carbocycles. The van der Waals surface area contributed by atoms with Crippen molar-refractivity contribution in [3.63, 3.8) is 0 Å². The van der Waals surface area contributed by atoms with Gasteiger partial charge >= 0.3 is 0 Å². The van der Waals surface area contributed by atoms with Crippen LogP contribution in [-0.4, -0.2) is 35.8 Å². The summed E-state index contributed by atoms with van der Waals surface area (Å²) in [7, 11) is 0. The summed E-state index contributed by atoms with van der Waals surface area (Å²) in [4.78, 5) is 39.9. The van der Waals surface area contributed by atoms with Gasteiger partial charge in [0.1, 0.15) is 6.67 Å². The molecule has 27 heavy (non-hydrogen) atoms. The summed E-state index contributed by atoms with van der Waals surface area (Å²) in [6, 6.07) is 12.2. The van der Waals surface area contributed by atoms with Crippen molar-refractivity contribution in [1.29, 1.82) is 0 Å². The lowest BCUT2D eigenvalue weighted by Gasteiger charge is -2.28. The molecule has 1 aliphatic heterocycles. The van der Waals surface area contributed by atoms with Gasteiger partial charge in [0.25, 0.3) is 5.91 Å². The quantitative estimate of drug-likeness (QED) is 0.884. The highest BCUT2D eigenvalue weighted by Gasteiger charge is 2.26. The first-order valence-corrected chi connectivity index (χ1v) is 8.93. The van der Waals surface area contributed by atoms with Gasteiger partial charge < -0.3 is 10.6 Å². The first-order chi connectivity index (χ1) is 12.8. The zero-order chi connectivity index (χ0) is 19.6. The molecule has 0 aromatic heterocycles. The molecule has 0 unspecified atom stereocenters. The smallest absolute Gasteiger partial charge is 0.259 e. The lowest BCUT2D eigenvalue weighted by molar-refractivity contribution is -0.127. The average Bonchev–Trinajstić information content (AvgIpc) is 3.03. The van der Waals surface area contributed by atoms with Crippen LogP contribution in [0.3, 0.4) is 0 Å². The van der Waals surface area contributed by atoms with E-state index >= 15 is 0 Å². The molecule has 1 saturated heterocycles. The topological polar surface area (TPSA) is 83.7 Å². The van der Waals surface area contributed by atoms with Crippen LogP contribution < -0.4 is 10.6 Å². The van der Waals surface area contributed by atoms with Crippen molar-refractivity contribution in [2.75, 3.05) is 18.1 Å². The van der Waals surface area contributed by atoms with Crippen LogP contribution >= 0.6 is 0 Å². The minimum absolute atomic E-state index is 0.0435. The number of nitrogens with zero attached hydrogens (tertiary/aromatic N) is 2. The molecule has 1 aliphatic rings. The number of nitrogens with two attached hydrogens (primary N) is 1. The Morgan fingerprint density at radius 2 is 1.67 bits per heavy atom. The second-order valence-corrected chi connectivity index (χ2v) is 6.92. The molecule has 3 rings (SSSR count). The van der Waals surface area contributed by atoms with E-state index in [2.05, 4.69) is 0 Å². The van der Waals surface area contributed by atoms with Crippen molar-refractivity contribution >= 4 is 23.4 Å². The number of hydrogen-bond donors (Lipinski definition) is 1. The molecule has 0 spiro atoms. The number of anilines is 1. The van der Waals surface area contributed by atoms with Crippen LogP contribution in [0.15, 0.2) is 42.5 Å². The highest BCUT2D eigenvalue weighted by Crippen LogP contribution is 2.22. The van der Waals surface area contributed by atoms with Crippen molar-refractivity contribution in [3.05, 3.63) is 64.7 Å². The number of carbonyl (C=O) groups is 3. The van der Waals surface area contributed by atoms with E-state index in [1.165, 1.54) is 0 Å². The Kier molecular flexibility index (Phi) is 5.26. The van der Waals surface area contributed by atoms with E-state index in [1.807, 2.05) is 32.0 Å². The maximum atomic E-state index is 13.3. The number of rotatable bonds is 5. The summed E-state index contributed by atoms with van der Waals surface area (Å²) < 4.78 is 0. The summed E-state index contributed by atoms with van der Waals surface area (Å²) in [6.45, 7) is 4.70. The number of benzene rings is 2. The van der Waals surface area contributed by atoms with Crippen LogP contribution in [0.25, 0.3) is 0 Å². The third kappa shape index (κ3) is 4.16. The molecule has 1 fully saturated rings. The van der Waals surface area contributed by atoms with E-state index in [9.17, 15) is 14.4 Å². The van der Waals surface area contributed by atoms with Gasteiger partial charge in [-0.3, -0.25) is 19.3 Å². The number of likely N-dealkylation sites (tertiary alicyclic amines) is 1. The second kappa shape index (κ2) is 7.61. The van der Waals surface area contributed by atoms with Gasteiger partial charge in [0.05, 0.1) is 0 Å². The van der Waals surface area contributed by atoms with E-state index in [1.54, 1.807) is 34.1 Å². The minimum Gasteiger partial charge on any atom is -0.366 e. The molecular formula is C21H23N3O3. The Hall–Kier alpha value is -3.15. The molecule has 6 heteroatoms. The molecule has 0 atom stereocenters. The highest BCUT2D eigenvalue weighted by molar-refractivity contribution is 6.06. The summed E-state index contributed by atoms with van der Waals surface area (Å²) in [5.74, 6) is -0.668. The molecule has 0 saturated carbocycles. The minimum atomic E-state index is -0.525. The van der Waals surface area contributed by atoms with Crippen LogP contribution in [-0.2, 0) is 4.79 Å². The molecular weight excluding hydrogens is 342 g/mol. The zero-order valence-electron chi connectivity index (χ0n) is 15.6. The predicted molar refractivity (Wildman–Crippen MR) is 103 cm³/mol. The number of amides is 3. The Morgan fingerprint density at radius 1 is 1.04 bits per heavy atom. The largest absolute Gasteiger partial charge is 0.366 e. The molecule has 2 aromatic carbocycles. The first kappa shape index (κ1) is 18.6. The molecule has 3 amide bonds. The normalized spacial score (nSPS) is 13.7. The van der Waals surface area contributed by atoms with E-state index in [0.717, 1.165) is 17.5 Å². The van der Waals surface area contributed by atoms with Gasteiger partial charge in [-0.1, -0.05) is 17.2 Å². The fraction of sp³-hybridized carbons (Fsp3) is 0.286. The van der Waals surface area contributed by atoms with Gasteiger partial charge in [-0.25, -0.2) is 0 Å². The maximum absolute atomic E-state index is 13.3. The van der Waals surface area contributed by atoms with Crippen LogP contribution in [0.1, 0.15) is 44.7 Å². The maximum Gasteiger partial charge on any atom is 0.259 e. The number of primary amides is 1. The van der Waals surface area contributed by atoms with Crippen LogP contribution in [0.4, 0.5) is 5.69 Å². The Bertz CT molecular complexity index is 870. The molecule has 2 aromatic rings. The van der Waals surface area contributed by atoms with Crippen molar-refractivity contribution in [3.8, 4) is 0 Å². The van der Waals surface area contributed by atoms with Gasteiger partial charge in [0.15, 0.2) is 0 Å². The van der Waals surface area contributed by atoms with E-state index < -0.39 is 5.91 Å². The summed E-state index contributed by atoms with van der Waals surface area (Å²) >= 11 is 0. The van der Waals surface area contributed by atoms with Crippen LogP contribution in [0.5, 0.6) is 0 Å². The predicted octanol–water partition coefficient (Wildman–Crippen LogP) is 2.63. The Morgan fingerprint density at radius 3 is 2.19 bits per heavy atom. The van der Waals surface area contributed by atoms with E-state index in [-0.39, 0.29) is 18.5 Å². The zero-order valence-corrected chi connectivity index (χ0v) is 15.6. The first-order valence-electron chi connectivity index (χ1n) is 8.93. The van der Waals surface area contributed by atoms with Crippen LogP contribution in [0, 0.1) is 13.8 Å². The molecule has 1 heterocycles. The van der Waals surface area contributed by atoms with Crippen LogP contribution in [0.2, 0.25) is 0 Å². The third-order valence-electron chi connectivity index (χ3n) is 4.66.